The van der Waals surface area contributed by atoms with Gasteiger partial charge in [0.2, 0.25) is 0 Å². The molecule has 6 heteroatoms. The van der Waals surface area contributed by atoms with Gasteiger partial charge in [0.05, 0.1) is 11.3 Å². The average Bonchev–Trinajstić information content (AvgIpc) is 2.32. The molecule has 2 nitrogen and oxygen atoms in total. The third-order valence-electron chi connectivity index (χ3n) is 2.36. The SMILES string of the molecule is O=C(Nc1ccc(F)cc1I)c1ccc(F)cc1I. The maximum Gasteiger partial charge on any atom is 0.256 e. The Labute approximate surface area is 135 Å². The minimum atomic E-state index is -0.391. The zero-order valence-corrected chi connectivity index (χ0v) is 13.7. The topological polar surface area (TPSA) is 29.1 Å². The van der Waals surface area contributed by atoms with E-state index in [4.69, 9.17) is 0 Å². The Morgan fingerprint density at radius 1 is 0.947 bits per heavy atom. The van der Waals surface area contributed by atoms with Gasteiger partial charge in [-0.25, -0.2) is 8.78 Å². The van der Waals surface area contributed by atoms with E-state index in [-0.39, 0.29) is 11.7 Å². The third-order valence-corrected chi connectivity index (χ3v) is 4.14. The van der Waals surface area contributed by atoms with E-state index in [0.29, 0.717) is 18.4 Å². The molecule has 0 heterocycles. The first-order chi connectivity index (χ1) is 8.97. The van der Waals surface area contributed by atoms with Gasteiger partial charge in [0.25, 0.3) is 5.91 Å². The smallest absolute Gasteiger partial charge is 0.256 e. The monoisotopic (exact) mass is 485 g/mol. The van der Waals surface area contributed by atoms with Crippen LogP contribution in [0.15, 0.2) is 36.4 Å². The van der Waals surface area contributed by atoms with Crippen molar-refractivity contribution in [3.63, 3.8) is 0 Å². The van der Waals surface area contributed by atoms with Crippen molar-refractivity contribution in [1.29, 1.82) is 0 Å². The molecule has 1 amide bonds. The van der Waals surface area contributed by atoms with Gasteiger partial charge in [-0.3, -0.25) is 4.79 Å². The predicted molar refractivity (Wildman–Crippen MR) is 86.2 cm³/mol. The number of benzene rings is 2. The second kappa shape index (κ2) is 6.12. The Bertz CT molecular complexity index is 647. The van der Waals surface area contributed by atoms with Crippen molar-refractivity contribution >= 4 is 56.8 Å². The molecule has 19 heavy (non-hydrogen) atoms. The van der Waals surface area contributed by atoms with E-state index in [0.717, 1.165) is 0 Å². The summed E-state index contributed by atoms with van der Waals surface area (Å²) >= 11 is 3.83. The highest BCUT2D eigenvalue weighted by Crippen LogP contribution is 2.21. The van der Waals surface area contributed by atoms with Gasteiger partial charge in [0, 0.05) is 7.14 Å². The minimum absolute atomic E-state index is 0.353. The van der Waals surface area contributed by atoms with Crippen LogP contribution in [-0.4, -0.2) is 5.91 Å². The summed E-state index contributed by atoms with van der Waals surface area (Å²) in [4.78, 5) is 12.0. The van der Waals surface area contributed by atoms with Crippen molar-refractivity contribution in [2.75, 3.05) is 5.32 Å². The van der Waals surface area contributed by atoms with E-state index in [1.165, 1.54) is 36.4 Å². The van der Waals surface area contributed by atoms with Gasteiger partial charge in [0.1, 0.15) is 11.6 Å². The predicted octanol–water partition coefficient (Wildman–Crippen LogP) is 4.43. The number of nitrogens with one attached hydrogen (secondary N) is 1. The summed E-state index contributed by atoms with van der Waals surface area (Å²) in [6.45, 7) is 0. The summed E-state index contributed by atoms with van der Waals surface area (Å²) in [5.74, 6) is -1.11. The lowest BCUT2D eigenvalue weighted by Gasteiger charge is -2.08. The fourth-order valence-electron chi connectivity index (χ4n) is 1.45. The molecule has 0 unspecified atom stereocenters. The van der Waals surface area contributed by atoms with Gasteiger partial charge in [-0.15, -0.1) is 0 Å². The number of hydrogen-bond donors (Lipinski definition) is 1. The zero-order chi connectivity index (χ0) is 14.0. The molecular weight excluding hydrogens is 478 g/mol. The van der Waals surface area contributed by atoms with Crippen LogP contribution in [0.4, 0.5) is 14.5 Å². The summed E-state index contributed by atoms with van der Waals surface area (Å²) < 4.78 is 27.0. The van der Waals surface area contributed by atoms with Crippen LogP contribution in [0.1, 0.15) is 10.4 Å². The molecule has 0 radical (unpaired) electrons. The van der Waals surface area contributed by atoms with E-state index in [1.807, 2.05) is 45.2 Å². The lowest BCUT2D eigenvalue weighted by molar-refractivity contribution is 0.102. The lowest BCUT2D eigenvalue weighted by atomic mass is 10.2. The van der Waals surface area contributed by atoms with Gasteiger partial charge in [0.15, 0.2) is 0 Å². The molecule has 0 bridgehead atoms. The fourth-order valence-corrected chi connectivity index (χ4v) is 2.79. The summed E-state index contributed by atoms with van der Waals surface area (Å²) in [5.41, 5.74) is 0.897. The number of carbonyl (C=O) groups excluding carboxylic acids is 1. The number of rotatable bonds is 2. The highest BCUT2D eigenvalue weighted by molar-refractivity contribution is 14.1. The Hall–Kier alpha value is -0.770. The molecular formula is C13H7F2I2NO. The standard InChI is InChI=1S/C13H7F2I2NO/c14-7-1-3-9(10(16)5-7)13(19)18-12-4-2-8(15)6-11(12)17/h1-6H,(H,18,19). The number of carbonyl (C=O) groups is 1. The molecule has 0 fully saturated rings. The molecule has 2 rings (SSSR count). The van der Waals surface area contributed by atoms with Crippen molar-refractivity contribution < 1.29 is 13.6 Å². The van der Waals surface area contributed by atoms with Crippen molar-refractivity contribution in [3.05, 3.63) is 60.7 Å². The van der Waals surface area contributed by atoms with E-state index in [1.54, 1.807) is 0 Å². The molecule has 0 spiro atoms. The maximum atomic E-state index is 13.0. The number of hydrogen-bond acceptors (Lipinski definition) is 1. The Balaban J connectivity index is 2.25. The molecule has 2 aromatic rings. The molecule has 1 N–H and O–H groups in total. The van der Waals surface area contributed by atoms with Crippen molar-refractivity contribution in [3.8, 4) is 0 Å². The van der Waals surface area contributed by atoms with Crippen LogP contribution in [0.2, 0.25) is 0 Å². The first-order valence-corrected chi connectivity index (χ1v) is 7.34. The number of halogens is 4. The summed E-state index contributed by atoms with van der Waals surface area (Å²) in [6, 6.07) is 8.02. The number of amides is 1. The molecule has 0 aliphatic carbocycles. The van der Waals surface area contributed by atoms with Crippen molar-refractivity contribution in [2.45, 2.75) is 0 Å². The maximum absolute atomic E-state index is 13.0. The Morgan fingerprint density at radius 2 is 1.53 bits per heavy atom. The van der Waals surface area contributed by atoms with E-state index in [9.17, 15) is 13.6 Å². The second-order valence-electron chi connectivity index (χ2n) is 3.70. The zero-order valence-electron chi connectivity index (χ0n) is 9.38. The normalized spacial score (nSPS) is 10.3. The van der Waals surface area contributed by atoms with E-state index in [2.05, 4.69) is 5.32 Å². The van der Waals surface area contributed by atoms with Gasteiger partial charge in [-0.05, 0) is 81.6 Å². The number of anilines is 1. The van der Waals surface area contributed by atoms with Crippen LogP contribution in [-0.2, 0) is 0 Å². The quantitative estimate of drug-likeness (QED) is 0.628. The van der Waals surface area contributed by atoms with Gasteiger partial charge in [-0.2, -0.15) is 0 Å². The fraction of sp³-hybridized carbons (Fsp3) is 0. The van der Waals surface area contributed by atoms with Crippen LogP contribution < -0.4 is 5.32 Å². The van der Waals surface area contributed by atoms with Crippen LogP contribution in [0.3, 0.4) is 0 Å². The van der Waals surface area contributed by atoms with E-state index >= 15 is 0 Å². The summed E-state index contributed by atoms with van der Waals surface area (Å²) in [7, 11) is 0. The first kappa shape index (κ1) is 14.6. The Morgan fingerprint density at radius 3 is 2.11 bits per heavy atom. The summed E-state index contributed by atoms with van der Waals surface area (Å²) in [5, 5.41) is 2.67. The van der Waals surface area contributed by atoms with Crippen LogP contribution in [0.5, 0.6) is 0 Å². The van der Waals surface area contributed by atoms with Crippen LogP contribution in [0.25, 0.3) is 0 Å². The summed E-state index contributed by atoms with van der Waals surface area (Å²) in [6.07, 6.45) is 0. The molecule has 0 saturated carbocycles. The minimum Gasteiger partial charge on any atom is -0.321 e. The Kier molecular flexibility index (Phi) is 4.71. The van der Waals surface area contributed by atoms with Gasteiger partial charge in [-0.1, -0.05) is 0 Å². The van der Waals surface area contributed by atoms with Crippen LogP contribution in [0, 0.1) is 18.8 Å². The molecule has 0 saturated heterocycles. The van der Waals surface area contributed by atoms with Crippen molar-refractivity contribution in [2.24, 2.45) is 0 Å². The van der Waals surface area contributed by atoms with E-state index < -0.39 is 5.82 Å². The van der Waals surface area contributed by atoms with Crippen molar-refractivity contribution in [1.82, 2.24) is 0 Å². The third kappa shape index (κ3) is 3.62. The largest absolute Gasteiger partial charge is 0.321 e. The second-order valence-corrected chi connectivity index (χ2v) is 6.03. The van der Waals surface area contributed by atoms with Gasteiger partial charge < -0.3 is 5.32 Å². The molecule has 2 aromatic carbocycles. The highest BCUT2D eigenvalue weighted by atomic mass is 127. The molecule has 98 valence electrons. The highest BCUT2D eigenvalue weighted by Gasteiger charge is 2.12. The molecule has 0 atom stereocenters. The van der Waals surface area contributed by atoms with Gasteiger partial charge >= 0.3 is 0 Å². The van der Waals surface area contributed by atoms with Crippen LogP contribution >= 0.6 is 45.2 Å². The molecule has 0 aromatic heterocycles. The molecule has 0 aliphatic heterocycles. The molecule has 0 aliphatic rings. The first-order valence-electron chi connectivity index (χ1n) is 5.19. The average molecular weight is 485 g/mol. The lowest BCUT2D eigenvalue weighted by Crippen LogP contribution is -2.14.